The van der Waals surface area contributed by atoms with Gasteiger partial charge in [0.05, 0.1) is 0 Å². The average Bonchev–Trinajstić information content (AvgIpc) is 2.06. The molecular weight excluding hydrogens is 186 g/mol. The molecule has 0 spiro atoms. The van der Waals surface area contributed by atoms with Crippen LogP contribution in [-0.2, 0) is 6.54 Å². The number of hydrogen-bond donors (Lipinski definition) is 1. The summed E-state index contributed by atoms with van der Waals surface area (Å²) in [6, 6.07) is 1.38. The summed E-state index contributed by atoms with van der Waals surface area (Å²) >= 11 is 1.60. The van der Waals surface area contributed by atoms with Crippen LogP contribution >= 0.6 is 11.8 Å². The average molecular weight is 197 g/mol. The van der Waals surface area contributed by atoms with Crippen LogP contribution in [0.25, 0.3) is 0 Å². The minimum absolute atomic E-state index is 0.0402. The van der Waals surface area contributed by atoms with Crippen LogP contribution in [0.3, 0.4) is 0 Å². The summed E-state index contributed by atoms with van der Waals surface area (Å²) in [5.74, 6) is 1.86. The van der Waals surface area contributed by atoms with Gasteiger partial charge in [-0.05, 0) is 5.92 Å². The molecule has 1 aromatic rings. The fourth-order valence-electron chi connectivity index (χ4n) is 1.36. The number of nitrogens with zero attached hydrogens (tertiary/aromatic N) is 2. The van der Waals surface area contributed by atoms with Crippen molar-refractivity contribution in [2.45, 2.75) is 18.6 Å². The first-order chi connectivity index (χ1) is 6.16. The number of rotatable bonds is 0. The van der Waals surface area contributed by atoms with Crippen molar-refractivity contribution in [3.63, 3.8) is 0 Å². The van der Waals surface area contributed by atoms with E-state index in [1.165, 1.54) is 6.07 Å². The summed E-state index contributed by atoms with van der Waals surface area (Å²) < 4.78 is 1.69. The second-order valence-corrected chi connectivity index (χ2v) is 4.32. The Labute approximate surface area is 80.2 Å². The highest BCUT2D eigenvalue weighted by molar-refractivity contribution is 7.99. The minimum Gasteiger partial charge on any atom is -0.383 e. The van der Waals surface area contributed by atoms with Gasteiger partial charge in [-0.2, -0.15) is 0 Å². The standard InChI is InChI=1S/C8H11N3OS/c1-5-3-11-7(12)2-6(9)10-8(11)13-4-5/h2,5H,3-4,9H2,1H3. The summed E-state index contributed by atoms with van der Waals surface area (Å²) in [4.78, 5) is 15.6. The lowest BCUT2D eigenvalue weighted by atomic mass is 10.2. The Morgan fingerprint density at radius 1 is 1.77 bits per heavy atom. The first-order valence-corrected chi connectivity index (χ1v) is 5.15. The summed E-state index contributed by atoms with van der Waals surface area (Å²) in [6.07, 6.45) is 0. The number of nitrogens with two attached hydrogens (primary N) is 1. The third-order valence-electron chi connectivity index (χ3n) is 1.98. The zero-order chi connectivity index (χ0) is 9.42. The molecule has 0 radical (unpaired) electrons. The van der Waals surface area contributed by atoms with Crippen LogP contribution in [0.2, 0.25) is 0 Å². The van der Waals surface area contributed by atoms with Crippen molar-refractivity contribution < 1.29 is 0 Å². The SMILES string of the molecule is CC1CSc2nc(N)cc(=O)n2C1. The van der Waals surface area contributed by atoms with Crippen LogP contribution in [0.1, 0.15) is 6.92 Å². The smallest absolute Gasteiger partial charge is 0.256 e. The fraction of sp³-hybridized carbons (Fsp3) is 0.500. The zero-order valence-electron chi connectivity index (χ0n) is 7.36. The molecule has 2 rings (SSSR count). The van der Waals surface area contributed by atoms with E-state index in [1.807, 2.05) is 0 Å². The van der Waals surface area contributed by atoms with Gasteiger partial charge in [-0.3, -0.25) is 9.36 Å². The Bertz CT molecular complexity index is 387. The molecule has 1 aliphatic rings. The molecule has 13 heavy (non-hydrogen) atoms. The molecule has 5 heteroatoms. The van der Waals surface area contributed by atoms with E-state index in [4.69, 9.17) is 5.73 Å². The predicted molar refractivity (Wildman–Crippen MR) is 52.8 cm³/mol. The van der Waals surface area contributed by atoms with Gasteiger partial charge in [0, 0.05) is 18.4 Å². The maximum Gasteiger partial charge on any atom is 0.256 e. The van der Waals surface area contributed by atoms with Crippen LogP contribution in [-0.4, -0.2) is 15.3 Å². The topological polar surface area (TPSA) is 60.9 Å². The van der Waals surface area contributed by atoms with Gasteiger partial charge in [0.25, 0.3) is 5.56 Å². The van der Waals surface area contributed by atoms with Gasteiger partial charge in [0.1, 0.15) is 5.82 Å². The maximum absolute atomic E-state index is 11.5. The van der Waals surface area contributed by atoms with Gasteiger partial charge in [-0.25, -0.2) is 4.98 Å². The molecule has 0 bridgehead atoms. The van der Waals surface area contributed by atoms with Gasteiger partial charge >= 0.3 is 0 Å². The minimum atomic E-state index is -0.0402. The van der Waals surface area contributed by atoms with Crippen LogP contribution in [0.5, 0.6) is 0 Å². The summed E-state index contributed by atoms with van der Waals surface area (Å²) in [7, 11) is 0. The number of fused-ring (bicyclic) bond motifs is 1. The van der Waals surface area contributed by atoms with E-state index in [0.29, 0.717) is 11.7 Å². The lowest BCUT2D eigenvalue weighted by Crippen LogP contribution is -2.29. The quantitative estimate of drug-likeness (QED) is 0.618. The van der Waals surface area contributed by atoms with Crippen molar-refractivity contribution in [3.8, 4) is 0 Å². The van der Waals surface area contributed by atoms with Crippen LogP contribution < -0.4 is 11.3 Å². The first kappa shape index (κ1) is 8.62. The number of hydrogen-bond acceptors (Lipinski definition) is 4. The zero-order valence-corrected chi connectivity index (χ0v) is 8.17. The molecule has 0 aromatic carbocycles. The van der Waals surface area contributed by atoms with E-state index in [9.17, 15) is 4.79 Å². The van der Waals surface area contributed by atoms with Gasteiger partial charge in [0.2, 0.25) is 0 Å². The Morgan fingerprint density at radius 3 is 3.31 bits per heavy atom. The third-order valence-corrected chi connectivity index (χ3v) is 3.29. The van der Waals surface area contributed by atoms with Gasteiger partial charge < -0.3 is 5.73 Å². The molecule has 1 unspecified atom stereocenters. The molecule has 1 atom stereocenters. The van der Waals surface area contributed by atoms with Crippen molar-refractivity contribution in [2.75, 3.05) is 11.5 Å². The van der Waals surface area contributed by atoms with E-state index in [0.717, 1.165) is 17.5 Å². The summed E-state index contributed by atoms with van der Waals surface area (Å²) in [5.41, 5.74) is 5.44. The van der Waals surface area contributed by atoms with E-state index in [2.05, 4.69) is 11.9 Å². The van der Waals surface area contributed by atoms with E-state index in [1.54, 1.807) is 16.3 Å². The Balaban J connectivity index is 2.53. The highest BCUT2D eigenvalue weighted by Crippen LogP contribution is 2.24. The molecule has 2 heterocycles. The Morgan fingerprint density at radius 2 is 2.54 bits per heavy atom. The molecule has 2 N–H and O–H groups in total. The third kappa shape index (κ3) is 1.56. The molecule has 0 saturated carbocycles. The molecule has 1 aromatic heterocycles. The second kappa shape index (κ2) is 3.06. The van der Waals surface area contributed by atoms with Crippen molar-refractivity contribution in [1.82, 2.24) is 9.55 Å². The molecule has 1 aliphatic heterocycles. The molecule has 70 valence electrons. The van der Waals surface area contributed by atoms with Crippen molar-refractivity contribution >= 4 is 17.6 Å². The molecule has 0 aliphatic carbocycles. The number of anilines is 1. The number of thioether (sulfide) groups is 1. The van der Waals surface area contributed by atoms with E-state index in [-0.39, 0.29) is 5.56 Å². The Kier molecular flexibility index (Phi) is 2.03. The maximum atomic E-state index is 11.5. The van der Waals surface area contributed by atoms with E-state index < -0.39 is 0 Å². The highest BCUT2D eigenvalue weighted by Gasteiger charge is 2.17. The van der Waals surface area contributed by atoms with Gasteiger partial charge in [-0.15, -0.1) is 0 Å². The monoisotopic (exact) mass is 197 g/mol. The predicted octanol–water partition coefficient (Wildman–Crippen LogP) is 0.567. The molecule has 0 saturated heterocycles. The van der Waals surface area contributed by atoms with E-state index >= 15 is 0 Å². The first-order valence-electron chi connectivity index (χ1n) is 4.17. The second-order valence-electron chi connectivity index (χ2n) is 3.33. The van der Waals surface area contributed by atoms with Gasteiger partial charge in [0.15, 0.2) is 5.16 Å². The molecule has 0 amide bonds. The fourth-order valence-corrected chi connectivity index (χ4v) is 2.39. The highest BCUT2D eigenvalue weighted by atomic mass is 32.2. The van der Waals surface area contributed by atoms with Crippen molar-refractivity contribution in [1.29, 1.82) is 0 Å². The lowest BCUT2D eigenvalue weighted by molar-refractivity contribution is 0.461. The number of aromatic nitrogens is 2. The summed E-state index contributed by atoms with van der Waals surface area (Å²) in [5, 5.41) is 0.753. The molecule has 0 fully saturated rings. The normalized spacial score (nSPS) is 21.2. The number of nitrogen functional groups attached to an aromatic ring is 1. The van der Waals surface area contributed by atoms with Crippen molar-refractivity contribution in [3.05, 3.63) is 16.4 Å². The largest absolute Gasteiger partial charge is 0.383 e. The van der Waals surface area contributed by atoms with Crippen LogP contribution in [0.15, 0.2) is 16.0 Å². The van der Waals surface area contributed by atoms with Crippen LogP contribution in [0, 0.1) is 5.92 Å². The van der Waals surface area contributed by atoms with Crippen LogP contribution in [0.4, 0.5) is 5.82 Å². The Hall–Kier alpha value is -0.970. The van der Waals surface area contributed by atoms with Gasteiger partial charge in [-0.1, -0.05) is 18.7 Å². The molecular formula is C8H11N3OS. The lowest BCUT2D eigenvalue weighted by Gasteiger charge is -2.21. The van der Waals surface area contributed by atoms with Crippen molar-refractivity contribution in [2.24, 2.45) is 5.92 Å². The molecule has 4 nitrogen and oxygen atoms in total. The summed E-state index contributed by atoms with van der Waals surface area (Å²) in [6.45, 7) is 2.88.